The first-order chi connectivity index (χ1) is 21.4. The number of nitrogens with one attached hydrogen (secondary N) is 2. The number of halogens is 1. The Morgan fingerprint density at radius 3 is 2.49 bits per heavy atom. The predicted octanol–water partition coefficient (Wildman–Crippen LogP) is 4.50. The Balaban J connectivity index is 1.17. The van der Waals surface area contributed by atoms with Crippen molar-refractivity contribution in [2.45, 2.75) is 102 Å². The highest BCUT2D eigenvalue weighted by Gasteiger charge is 2.42. The minimum absolute atomic E-state index is 0.0802. The van der Waals surface area contributed by atoms with E-state index in [4.69, 9.17) is 10.5 Å². The molecule has 2 aliphatic heterocycles. The van der Waals surface area contributed by atoms with E-state index in [-0.39, 0.29) is 23.5 Å². The lowest BCUT2D eigenvalue weighted by Gasteiger charge is -2.32. The molecule has 2 fully saturated rings. The van der Waals surface area contributed by atoms with E-state index >= 15 is 4.39 Å². The summed E-state index contributed by atoms with van der Waals surface area (Å²) in [5, 5.41) is 6.24. The summed E-state index contributed by atoms with van der Waals surface area (Å²) in [7, 11) is -3.50. The number of alkyl carbamates (subject to hydrolysis) is 1. The Hall–Kier alpha value is -3.12. The molecular formula is C33H46FN5O5S. The molecule has 10 nitrogen and oxygen atoms in total. The number of ether oxygens (including phenoxy) is 1. The van der Waals surface area contributed by atoms with Gasteiger partial charge in [0.2, 0.25) is 0 Å². The fraction of sp³-hybridized carbons (Fsp3) is 0.636. The zero-order valence-electron chi connectivity index (χ0n) is 26.4. The molecule has 2 amide bonds. The lowest BCUT2D eigenvalue weighted by Crippen LogP contribution is -2.39. The van der Waals surface area contributed by atoms with Crippen LogP contribution in [-0.4, -0.2) is 74.0 Å². The van der Waals surface area contributed by atoms with Gasteiger partial charge in [-0.2, -0.15) is 0 Å². The van der Waals surface area contributed by atoms with Crippen molar-refractivity contribution in [3.63, 3.8) is 0 Å². The Bertz CT molecular complexity index is 1570. The Kier molecular flexibility index (Phi) is 8.91. The summed E-state index contributed by atoms with van der Waals surface area (Å²) in [5.74, 6) is -1.53. The molecule has 0 bridgehead atoms. The molecule has 1 aromatic heterocycles. The lowest BCUT2D eigenvalue weighted by molar-refractivity contribution is 0.0723. The van der Waals surface area contributed by atoms with Crippen LogP contribution in [0.15, 0.2) is 17.0 Å². The second-order valence-corrected chi connectivity index (χ2v) is 16.0. The van der Waals surface area contributed by atoms with Crippen molar-refractivity contribution in [3.8, 4) is 5.69 Å². The van der Waals surface area contributed by atoms with Crippen molar-refractivity contribution in [2.24, 2.45) is 11.1 Å². The van der Waals surface area contributed by atoms with Crippen LogP contribution in [0.2, 0.25) is 0 Å². The van der Waals surface area contributed by atoms with Crippen LogP contribution < -0.4 is 16.4 Å². The van der Waals surface area contributed by atoms with Gasteiger partial charge >= 0.3 is 6.09 Å². The van der Waals surface area contributed by atoms with Gasteiger partial charge in [-0.25, -0.2) is 17.6 Å². The minimum atomic E-state index is -3.50. The van der Waals surface area contributed by atoms with E-state index in [2.05, 4.69) is 15.5 Å². The number of piperidine rings is 1. The quantitative estimate of drug-likeness (QED) is 0.386. The third kappa shape index (κ3) is 6.72. The summed E-state index contributed by atoms with van der Waals surface area (Å²) in [6.45, 7) is 7.43. The number of aromatic nitrogens is 1. The highest BCUT2D eigenvalue weighted by atomic mass is 32.2. The summed E-state index contributed by atoms with van der Waals surface area (Å²) >= 11 is 0. The number of sulfone groups is 1. The fourth-order valence-corrected chi connectivity index (χ4v) is 10.3. The van der Waals surface area contributed by atoms with Crippen LogP contribution in [0, 0.1) is 11.2 Å². The van der Waals surface area contributed by atoms with Crippen molar-refractivity contribution < 1.29 is 27.1 Å². The number of rotatable bonds is 8. The van der Waals surface area contributed by atoms with Crippen molar-refractivity contribution in [1.82, 2.24) is 14.8 Å². The van der Waals surface area contributed by atoms with E-state index in [1.807, 2.05) is 18.4 Å². The van der Waals surface area contributed by atoms with E-state index in [1.165, 1.54) is 25.3 Å². The summed E-state index contributed by atoms with van der Waals surface area (Å²) in [6, 6.07) is 2.95. The number of nitrogens with zero attached hydrogens (tertiary/aromatic N) is 2. The highest BCUT2D eigenvalue weighted by Crippen LogP contribution is 2.45. The van der Waals surface area contributed by atoms with Gasteiger partial charge in [-0.15, -0.1) is 0 Å². The van der Waals surface area contributed by atoms with Crippen LogP contribution in [0.3, 0.4) is 0 Å². The molecule has 0 atom stereocenters. The largest absolute Gasteiger partial charge is 0.446 e. The maximum Gasteiger partial charge on any atom is 0.407 e. The van der Waals surface area contributed by atoms with Gasteiger partial charge in [0.1, 0.15) is 11.9 Å². The SMILES string of the molecule is CC1(C)Cc2c(c3c(n2-c2cc(F)c(C(N)=O)c(NC4CCC(OC(=O)NCCN5CCCCC5)CC4)c2)CCC3)S(=O)(=O)C1. The van der Waals surface area contributed by atoms with Crippen LogP contribution in [0.4, 0.5) is 14.9 Å². The predicted molar refractivity (Wildman–Crippen MR) is 170 cm³/mol. The molecule has 4 N–H and O–H groups in total. The Morgan fingerprint density at radius 1 is 1.04 bits per heavy atom. The molecular weight excluding hydrogens is 597 g/mol. The number of fused-ring (bicyclic) bond motifs is 3. The van der Waals surface area contributed by atoms with Gasteiger partial charge in [-0.1, -0.05) is 20.3 Å². The number of anilines is 1. The van der Waals surface area contributed by atoms with Crippen molar-refractivity contribution >= 4 is 27.5 Å². The molecule has 1 aromatic carbocycles. The molecule has 0 unspecified atom stereocenters. The van der Waals surface area contributed by atoms with E-state index in [9.17, 15) is 18.0 Å². The number of hydrogen-bond acceptors (Lipinski definition) is 7. The lowest BCUT2D eigenvalue weighted by atomic mass is 9.89. The monoisotopic (exact) mass is 643 g/mol. The molecule has 1 saturated carbocycles. The first kappa shape index (κ1) is 31.8. The molecule has 12 heteroatoms. The van der Waals surface area contributed by atoms with Gasteiger partial charge in [0.25, 0.3) is 5.91 Å². The van der Waals surface area contributed by atoms with Crippen molar-refractivity contribution in [1.29, 1.82) is 0 Å². The number of likely N-dealkylation sites (tertiary alicyclic amines) is 1. The number of hydrogen-bond donors (Lipinski definition) is 3. The number of nitrogens with two attached hydrogens (primary N) is 1. The first-order valence-corrected chi connectivity index (χ1v) is 18.1. The van der Waals surface area contributed by atoms with Crippen molar-refractivity contribution in [3.05, 3.63) is 40.5 Å². The molecule has 1 saturated heterocycles. The normalized spacial score (nSPS) is 24.0. The van der Waals surface area contributed by atoms with Crippen LogP contribution in [0.25, 0.3) is 5.69 Å². The third-order valence-corrected chi connectivity index (χ3v) is 12.1. The number of carbonyl (C=O) groups is 2. The molecule has 2 aliphatic carbocycles. The maximum atomic E-state index is 15.7. The molecule has 246 valence electrons. The molecule has 4 aliphatic rings. The van der Waals surface area contributed by atoms with E-state index < -0.39 is 33.1 Å². The van der Waals surface area contributed by atoms with Gasteiger partial charge in [0.05, 0.1) is 27.6 Å². The molecule has 45 heavy (non-hydrogen) atoms. The summed E-state index contributed by atoms with van der Waals surface area (Å²) < 4.78 is 50.2. The number of carbonyl (C=O) groups excluding carboxylic acids is 2. The number of benzene rings is 1. The van der Waals surface area contributed by atoms with E-state index in [0.717, 1.165) is 37.3 Å². The minimum Gasteiger partial charge on any atom is -0.446 e. The van der Waals surface area contributed by atoms with Crippen LogP contribution >= 0.6 is 0 Å². The smallest absolute Gasteiger partial charge is 0.407 e. The molecule has 0 radical (unpaired) electrons. The first-order valence-electron chi connectivity index (χ1n) is 16.5. The summed E-state index contributed by atoms with van der Waals surface area (Å²) in [5.41, 5.74) is 8.22. The van der Waals surface area contributed by atoms with Gasteiger partial charge in [-0.05, 0) is 100 Å². The zero-order valence-corrected chi connectivity index (χ0v) is 27.2. The van der Waals surface area contributed by atoms with Gasteiger partial charge in [0, 0.05) is 30.5 Å². The molecule has 2 aromatic rings. The van der Waals surface area contributed by atoms with Crippen LogP contribution in [0.1, 0.15) is 92.5 Å². The molecule has 6 rings (SSSR count). The van der Waals surface area contributed by atoms with Crippen LogP contribution in [-0.2, 0) is 33.8 Å². The average Bonchev–Trinajstić information content (AvgIpc) is 3.53. The van der Waals surface area contributed by atoms with Crippen molar-refractivity contribution in [2.75, 3.05) is 37.2 Å². The summed E-state index contributed by atoms with van der Waals surface area (Å²) in [4.78, 5) is 27.6. The second kappa shape index (κ2) is 12.6. The Labute approximate surface area is 265 Å². The second-order valence-electron chi connectivity index (χ2n) is 14.1. The van der Waals surface area contributed by atoms with Gasteiger partial charge < -0.3 is 30.6 Å². The Morgan fingerprint density at radius 2 is 1.78 bits per heavy atom. The molecule has 0 spiro atoms. The number of amides is 2. The fourth-order valence-electron chi connectivity index (χ4n) is 7.91. The highest BCUT2D eigenvalue weighted by molar-refractivity contribution is 7.91. The van der Waals surface area contributed by atoms with Crippen LogP contribution in [0.5, 0.6) is 0 Å². The van der Waals surface area contributed by atoms with Gasteiger partial charge in [-0.3, -0.25) is 4.79 Å². The van der Waals surface area contributed by atoms with Gasteiger partial charge in [0.15, 0.2) is 9.84 Å². The maximum absolute atomic E-state index is 15.7. The average molecular weight is 644 g/mol. The zero-order chi connectivity index (χ0) is 31.9. The topological polar surface area (TPSA) is 136 Å². The summed E-state index contributed by atoms with van der Waals surface area (Å²) in [6.07, 6.45) is 8.44. The molecule has 3 heterocycles. The third-order valence-electron chi connectivity index (χ3n) is 9.84. The van der Waals surface area contributed by atoms with E-state index in [0.29, 0.717) is 73.5 Å². The van der Waals surface area contributed by atoms with E-state index in [1.54, 1.807) is 6.07 Å². The standard InChI is InChI=1S/C33H46FN5O5S/c1-33(2)19-28-30(45(42,43)20-33)24-7-6-8-27(24)39(28)22-17-25(34)29(31(35)40)26(18-22)37-21-9-11-23(12-10-21)44-32(41)36-13-16-38-14-4-3-5-15-38/h17-18,21,23,37H,3-16,19-20H2,1-2H3,(H2,35,40)(H,36,41). The number of primary amides is 1.